The van der Waals surface area contributed by atoms with E-state index in [1.54, 1.807) is 30.3 Å². The fourth-order valence-corrected chi connectivity index (χ4v) is 3.52. The van der Waals surface area contributed by atoms with E-state index in [1.807, 2.05) is 6.92 Å². The van der Waals surface area contributed by atoms with Crippen molar-refractivity contribution in [2.45, 2.75) is 44.5 Å². The van der Waals surface area contributed by atoms with Crippen molar-refractivity contribution in [3.8, 4) is 0 Å². The number of ketones is 1. The smallest absolute Gasteiger partial charge is 0.250 e. The summed E-state index contributed by atoms with van der Waals surface area (Å²) < 4.78 is 0. The molecule has 1 aliphatic heterocycles. The molecule has 6 nitrogen and oxygen atoms in total. The Morgan fingerprint density at radius 1 is 1.48 bits per heavy atom. The first-order valence-corrected chi connectivity index (χ1v) is 8.04. The molecular formula is C17H23N3O3. The fourth-order valence-electron chi connectivity index (χ4n) is 3.52. The zero-order chi connectivity index (χ0) is 16.6. The number of rotatable bonds is 4. The van der Waals surface area contributed by atoms with Gasteiger partial charge in [-0.05, 0) is 57.4 Å². The minimum atomic E-state index is -1.09. The van der Waals surface area contributed by atoms with Crippen molar-refractivity contribution in [2.24, 2.45) is 0 Å². The minimum absolute atomic E-state index is 0.131. The number of aliphatic hydroxyl groups is 1. The summed E-state index contributed by atoms with van der Waals surface area (Å²) in [6.07, 6.45) is 6.70. The fraction of sp³-hybridized carbons (Fsp3) is 0.529. The average Bonchev–Trinajstić information content (AvgIpc) is 3.16. The largest absolute Gasteiger partial charge is 0.361 e. The molecule has 2 atom stereocenters. The summed E-state index contributed by atoms with van der Waals surface area (Å²) in [5.74, 6) is -0.418. The number of Topliss-reactive ketones (excluding diaryl/α,β-unsaturated/α-hetero) is 1. The molecule has 1 aliphatic carbocycles. The van der Waals surface area contributed by atoms with Crippen LogP contribution in [0, 0.1) is 0 Å². The second kappa shape index (κ2) is 5.94. The van der Waals surface area contributed by atoms with Gasteiger partial charge in [0.15, 0.2) is 12.1 Å². The van der Waals surface area contributed by atoms with E-state index in [-0.39, 0.29) is 18.2 Å². The molecule has 1 aromatic rings. The van der Waals surface area contributed by atoms with Crippen LogP contribution in [-0.4, -0.2) is 57.1 Å². The Morgan fingerprint density at radius 2 is 2.26 bits per heavy atom. The third-order valence-corrected chi connectivity index (χ3v) is 5.14. The van der Waals surface area contributed by atoms with Crippen molar-refractivity contribution in [1.82, 2.24) is 14.8 Å². The van der Waals surface area contributed by atoms with E-state index < -0.39 is 11.9 Å². The van der Waals surface area contributed by atoms with E-state index in [0.717, 1.165) is 31.3 Å². The van der Waals surface area contributed by atoms with Crippen LogP contribution in [-0.2, 0) is 4.79 Å². The van der Waals surface area contributed by atoms with Gasteiger partial charge in [0.25, 0.3) is 5.91 Å². The third-order valence-electron chi connectivity index (χ3n) is 5.14. The van der Waals surface area contributed by atoms with E-state index >= 15 is 0 Å². The van der Waals surface area contributed by atoms with E-state index in [0.29, 0.717) is 5.69 Å². The minimum Gasteiger partial charge on any atom is -0.361 e. The van der Waals surface area contributed by atoms with Gasteiger partial charge in [0.05, 0.1) is 12.2 Å². The Bertz CT molecular complexity index is 638. The molecule has 1 aromatic heterocycles. The van der Waals surface area contributed by atoms with Gasteiger partial charge < -0.3 is 10.1 Å². The first kappa shape index (κ1) is 16.0. The molecule has 3 rings (SSSR count). The van der Waals surface area contributed by atoms with Gasteiger partial charge in [0, 0.05) is 6.20 Å². The number of aromatic nitrogens is 1. The van der Waals surface area contributed by atoms with Gasteiger partial charge in [0.1, 0.15) is 5.54 Å². The Kier molecular flexibility index (Phi) is 4.12. The Morgan fingerprint density at radius 3 is 2.87 bits per heavy atom. The van der Waals surface area contributed by atoms with Crippen LogP contribution >= 0.6 is 0 Å². The molecule has 0 spiro atoms. The van der Waals surface area contributed by atoms with Crippen molar-refractivity contribution in [3.05, 3.63) is 35.7 Å². The van der Waals surface area contributed by atoms with Crippen molar-refractivity contribution in [3.63, 3.8) is 0 Å². The van der Waals surface area contributed by atoms with Crippen LogP contribution in [0.4, 0.5) is 0 Å². The van der Waals surface area contributed by atoms with Gasteiger partial charge in [-0.1, -0.05) is 6.08 Å². The van der Waals surface area contributed by atoms with Crippen molar-refractivity contribution in [2.75, 3.05) is 13.6 Å². The highest BCUT2D eigenvalue weighted by atomic mass is 16.3. The van der Waals surface area contributed by atoms with Gasteiger partial charge in [-0.15, -0.1) is 0 Å². The predicted molar refractivity (Wildman–Crippen MR) is 85.6 cm³/mol. The lowest BCUT2D eigenvalue weighted by Gasteiger charge is -2.34. The summed E-state index contributed by atoms with van der Waals surface area (Å²) in [6.45, 7) is 1.71. The maximum atomic E-state index is 13.0. The van der Waals surface area contributed by atoms with E-state index in [4.69, 9.17) is 0 Å². The Hall–Kier alpha value is -1.92. The summed E-state index contributed by atoms with van der Waals surface area (Å²) in [4.78, 5) is 31.0. The first-order chi connectivity index (χ1) is 11.0. The summed E-state index contributed by atoms with van der Waals surface area (Å²) in [5.41, 5.74) is 0.624. The summed E-state index contributed by atoms with van der Waals surface area (Å²) in [6, 6.07) is 3.40. The topological polar surface area (TPSA) is 76.6 Å². The van der Waals surface area contributed by atoms with Crippen LogP contribution in [0.25, 0.3) is 0 Å². The summed E-state index contributed by atoms with van der Waals surface area (Å²) in [5, 5.41) is 10.5. The number of carbonyl (C=O) groups excluding carboxylic acids is 2. The predicted octanol–water partition coefficient (Wildman–Crippen LogP) is 1.51. The molecule has 2 heterocycles. The van der Waals surface area contributed by atoms with Crippen LogP contribution in [0.15, 0.2) is 30.0 Å². The molecule has 6 heteroatoms. The molecule has 124 valence electrons. The van der Waals surface area contributed by atoms with Crippen LogP contribution in [0.5, 0.6) is 0 Å². The molecule has 23 heavy (non-hydrogen) atoms. The van der Waals surface area contributed by atoms with Crippen molar-refractivity contribution < 1.29 is 14.7 Å². The highest BCUT2D eigenvalue weighted by Crippen LogP contribution is 2.38. The Labute approximate surface area is 135 Å². The SMILES string of the molecule is CN1C(O)N(CC(=O)c2ccc[nH]2)C(=O)C1(C)C1=CCCCC1. The molecule has 2 aliphatic rings. The van der Waals surface area contributed by atoms with Crippen molar-refractivity contribution in [1.29, 1.82) is 0 Å². The number of H-pyrrole nitrogens is 1. The molecule has 2 N–H and O–H groups in total. The third kappa shape index (κ3) is 2.52. The highest BCUT2D eigenvalue weighted by Gasteiger charge is 2.54. The Balaban J connectivity index is 1.84. The quantitative estimate of drug-likeness (QED) is 0.652. The molecule has 2 unspecified atom stereocenters. The first-order valence-electron chi connectivity index (χ1n) is 8.04. The number of nitrogens with zero attached hydrogens (tertiary/aromatic N) is 2. The molecule has 1 saturated heterocycles. The molecular weight excluding hydrogens is 294 g/mol. The van der Waals surface area contributed by atoms with E-state index in [1.165, 1.54) is 4.90 Å². The second-order valence-electron chi connectivity index (χ2n) is 6.44. The van der Waals surface area contributed by atoms with Crippen LogP contribution < -0.4 is 0 Å². The number of aromatic amines is 1. The van der Waals surface area contributed by atoms with Crippen molar-refractivity contribution >= 4 is 11.7 Å². The maximum absolute atomic E-state index is 13.0. The number of likely N-dealkylation sites (N-methyl/N-ethyl adjacent to an activating group) is 1. The summed E-state index contributed by atoms with van der Waals surface area (Å²) in [7, 11) is 1.73. The van der Waals surface area contributed by atoms with Gasteiger partial charge in [-0.2, -0.15) is 0 Å². The number of hydrogen-bond acceptors (Lipinski definition) is 4. The molecule has 1 fully saturated rings. The number of hydrogen-bond donors (Lipinski definition) is 2. The lowest BCUT2D eigenvalue weighted by molar-refractivity contribution is -0.135. The molecule has 0 saturated carbocycles. The molecule has 0 aromatic carbocycles. The standard InChI is InChI=1S/C17H23N3O3/c1-17(12-7-4-3-5-8-12)15(22)20(16(23)19(17)2)11-14(21)13-9-6-10-18-13/h6-7,9-10,16,18,23H,3-5,8,11H2,1-2H3. The van der Waals surface area contributed by atoms with Gasteiger partial charge >= 0.3 is 0 Å². The zero-order valence-electron chi connectivity index (χ0n) is 13.6. The number of aliphatic hydroxyl groups excluding tert-OH is 1. The van der Waals surface area contributed by atoms with Crippen LogP contribution in [0.2, 0.25) is 0 Å². The zero-order valence-corrected chi connectivity index (χ0v) is 13.6. The van der Waals surface area contributed by atoms with Crippen LogP contribution in [0.3, 0.4) is 0 Å². The lowest BCUT2D eigenvalue weighted by atomic mass is 9.83. The number of nitrogens with one attached hydrogen (secondary N) is 1. The maximum Gasteiger partial charge on any atom is 0.250 e. The van der Waals surface area contributed by atoms with Gasteiger partial charge in [0.2, 0.25) is 0 Å². The molecule has 1 amide bonds. The lowest BCUT2D eigenvalue weighted by Crippen LogP contribution is -2.47. The number of amides is 1. The van der Waals surface area contributed by atoms with E-state index in [9.17, 15) is 14.7 Å². The highest BCUT2D eigenvalue weighted by molar-refractivity contribution is 6.00. The number of allylic oxidation sites excluding steroid dienone is 1. The van der Waals surface area contributed by atoms with Gasteiger partial charge in [-0.25, -0.2) is 4.90 Å². The molecule has 0 radical (unpaired) electrons. The monoisotopic (exact) mass is 317 g/mol. The summed E-state index contributed by atoms with van der Waals surface area (Å²) >= 11 is 0. The second-order valence-corrected chi connectivity index (χ2v) is 6.44. The normalized spacial score (nSPS) is 29.0. The number of carbonyl (C=O) groups is 2. The average molecular weight is 317 g/mol. The van der Waals surface area contributed by atoms with Crippen LogP contribution in [0.1, 0.15) is 43.1 Å². The van der Waals surface area contributed by atoms with E-state index in [2.05, 4.69) is 11.1 Å². The van der Waals surface area contributed by atoms with Gasteiger partial charge in [-0.3, -0.25) is 14.5 Å². The molecule has 0 bridgehead atoms.